The number of halogens is 5. The van der Waals surface area contributed by atoms with Gasteiger partial charge in [-0.2, -0.15) is 8.78 Å². The van der Waals surface area contributed by atoms with Crippen LogP contribution in [0.1, 0.15) is 5.01 Å². The molecule has 1 aromatic heterocycles. The Morgan fingerprint density at radius 1 is 1.33 bits per heavy atom. The fourth-order valence-electron chi connectivity index (χ4n) is 1.49. The first-order valence-corrected chi connectivity index (χ1v) is 7.50. The highest BCUT2D eigenvalue weighted by atomic mass is 79.9. The number of thiazole rings is 1. The van der Waals surface area contributed by atoms with Crippen LogP contribution in [0.2, 0.25) is 0 Å². The van der Waals surface area contributed by atoms with E-state index in [1.807, 2.05) is 24.3 Å². The lowest BCUT2D eigenvalue weighted by Gasteiger charge is -2.14. The van der Waals surface area contributed by atoms with Gasteiger partial charge in [0.05, 0.1) is 12.3 Å². The van der Waals surface area contributed by atoms with Gasteiger partial charge in [-0.05, 0) is 12.1 Å². The standard InChI is InChI=1S/C13H10BrF4NOS/c14-9-3-1-2-8(4-9)10-6-21-11(19-10)5-20-7-13(17,18)12(15)16/h1-4,6,12H,5,7H2. The third-order valence-electron chi connectivity index (χ3n) is 2.51. The van der Waals surface area contributed by atoms with E-state index in [9.17, 15) is 17.6 Å². The maximum absolute atomic E-state index is 12.7. The number of benzene rings is 1. The maximum atomic E-state index is 12.7. The molecule has 0 aliphatic heterocycles. The van der Waals surface area contributed by atoms with Crippen LogP contribution in [-0.2, 0) is 11.3 Å². The molecule has 0 aliphatic carbocycles. The summed E-state index contributed by atoms with van der Waals surface area (Å²) in [5.41, 5.74) is 1.55. The topological polar surface area (TPSA) is 22.1 Å². The number of ether oxygens (including phenoxy) is 1. The van der Waals surface area contributed by atoms with Crippen LogP contribution in [0.3, 0.4) is 0 Å². The molecule has 0 bridgehead atoms. The first kappa shape index (κ1) is 16.4. The van der Waals surface area contributed by atoms with Crippen molar-refractivity contribution in [2.24, 2.45) is 0 Å². The van der Waals surface area contributed by atoms with Gasteiger partial charge >= 0.3 is 12.3 Å². The summed E-state index contributed by atoms with van der Waals surface area (Å²) in [7, 11) is 0. The van der Waals surface area contributed by atoms with E-state index < -0.39 is 19.0 Å². The molecule has 0 fully saturated rings. The highest BCUT2D eigenvalue weighted by Gasteiger charge is 2.40. The lowest BCUT2D eigenvalue weighted by Crippen LogP contribution is -2.32. The minimum Gasteiger partial charge on any atom is -0.368 e. The second kappa shape index (κ2) is 6.85. The van der Waals surface area contributed by atoms with Gasteiger partial charge in [-0.25, -0.2) is 13.8 Å². The molecule has 0 unspecified atom stereocenters. The quantitative estimate of drug-likeness (QED) is 0.655. The Morgan fingerprint density at radius 2 is 2.10 bits per heavy atom. The molecule has 0 saturated heterocycles. The van der Waals surface area contributed by atoms with Crippen LogP contribution in [0.4, 0.5) is 17.6 Å². The third-order valence-corrected chi connectivity index (χ3v) is 3.83. The van der Waals surface area contributed by atoms with Crippen molar-refractivity contribution in [2.45, 2.75) is 19.0 Å². The predicted molar refractivity (Wildman–Crippen MR) is 75.9 cm³/mol. The predicted octanol–water partition coefficient (Wildman–Crippen LogP) is 4.99. The van der Waals surface area contributed by atoms with Crippen molar-refractivity contribution in [3.05, 3.63) is 39.1 Å². The fourth-order valence-corrected chi connectivity index (χ4v) is 2.63. The molecule has 0 saturated carbocycles. The summed E-state index contributed by atoms with van der Waals surface area (Å²) in [6.07, 6.45) is -3.73. The number of rotatable bonds is 6. The Balaban J connectivity index is 1.95. The van der Waals surface area contributed by atoms with Crippen LogP contribution in [-0.4, -0.2) is 23.9 Å². The molecule has 21 heavy (non-hydrogen) atoms. The van der Waals surface area contributed by atoms with E-state index in [2.05, 4.69) is 25.7 Å². The summed E-state index contributed by atoms with van der Waals surface area (Å²) in [5.74, 6) is -4.13. The van der Waals surface area contributed by atoms with Crippen molar-refractivity contribution in [3.8, 4) is 11.3 Å². The van der Waals surface area contributed by atoms with E-state index in [-0.39, 0.29) is 6.61 Å². The van der Waals surface area contributed by atoms with E-state index in [4.69, 9.17) is 0 Å². The average molecular weight is 384 g/mol. The fraction of sp³-hybridized carbons (Fsp3) is 0.308. The van der Waals surface area contributed by atoms with Crippen molar-refractivity contribution in [2.75, 3.05) is 6.61 Å². The molecule has 0 spiro atoms. The van der Waals surface area contributed by atoms with Crippen molar-refractivity contribution >= 4 is 27.3 Å². The minimum atomic E-state index is -4.13. The van der Waals surface area contributed by atoms with Gasteiger partial charge in [-0.1, -0.05) is 28.1 Å². The normalized spacial score (nSPS) is 12.1. The molecule has 0 radical (unpaired) electrons. The Labute approximate surface area is 130 Å². The van der Waals surface area contributed by atoms with Gasteiger partial charge in [0.2, 0.25) is 0 Å². The first-order valence-electron chi connectivity index (χ1n) is 5.82. The van der Waals surface area contributed by atoms with Gasteiger partial charge in [0.1, 0.15) is 11.6 Å². The number of nitrogens with zero attached hydrogens (tertiary/aromatic N) is 1. The molecular weight excluding hydrogens is 374 g/mol. The molecular formula is C13H10BrF4NOS. The summed E-state index contributed by atoms with van der Waals surface area (Å²) in [5, 5.41) is 2.21. The number of hydrogen-bond acceptors (Lipinski definition) is 3. The van der Waals surface area contributed by atoms with E-state index >= 15 is 0 Å². The summed E-state index contributed by atoms with van der Waals surface area (Å²) < 4.78 is 54.8. The minimum absolute atomic E-state index is 0.221. The smallest absolute Gasteiger partial charge is 0.330 e. The zero-order valence-electron chi connectivity index (χ0n) is 10.5. The van der Waals surface area contributed by atoms with Gasteiger partial charge in [0.15, 0.2) is 0 Å². The molecule has 0 amide bonds. The Kier molecular flexibility index (Phi) is 5.34. The largest absolute Gasteiger partial charge is 0.368 e. The van der Waals surface area contributed by atoms with Crippen molar-refractivity contribution in [1.29, 1.82) is 0 Å². The van der Waals surface area contributed by atoms with Gasteiger partial charge in [-0.15, -0.1) is 11.3 Å². The molecule has 1 aromatic carbocycles. The van der Waals surface area contributed by atoms with Gasteiger partial charge in [0.25, 0.3) is 0 Å². The Hall–Kier alpha value is -0.990. The first-order chi connectivity index (χ1) is 9.88. The Morgan fingerprint density at radius 3 is 2.76 bits per heavy atom. The van der Waals surface area contributed by atoms with Crippen molar-refractivity contribution < 1.29 is 22.3 Å². The molecule has 2 rings (SSSR count). The van der Waals surface area contributed by atoms with Gasteiger partial charge in [0, 0.05) is 15.4 Å². The second-order valence-corrected chi connectivity index (χ2v) is 6.05. The van der Waals surface area contributed by atoms with Crippen LogP contribution in [0.5, 0.6) is 0 Å². The summed E-state index contributed by atoms with van der Waals surface area (Å²) in [4.78, 5) is 4.23. The molecule has 0 aliphatic rings. The number of aromatic nitrogens is 1. The summed E-state index contributed by atoms with van der Waals surface area (Å²) in [6.45, 7) is -1.54. The van der Waals surface area contributed by atoms with Crippen LogP contribution in [0, 0.1) is 0 Å². The molecule has 0 N–H and O–H groups in total. The Bertz CT molecular complexity index is 605. The zero-order valence-corrected chi connectivity index (χ0v) is 12.9. The van der Waals surface area contributed by atoms with E-state index in [1.54, 1.807) is 5.38 Å². The lowest BCUT2D eigenvalue weighted by molar-refractivity contribution is -0.168. The van der Waals surface area contributed by atoms with Crippen LogP contribution in [0.25, 0.3) is 11.3 Å². The van der Waals surface area contributed by atoms with Crippen LogP contribution in [0.15, 0.2) is 34.1 Å². The number of alkyl halides is 4. The van der Waals surface area contributed by atoms with Crippen LogP contribution >= 0.6 is 27.3 Å². The van der Waals surface area contributed by atoms with E-state index in [1.165, 1.54) is 11.3 Å². The highest BCUT2D eigenvalue weighted by molar-refractivity contribution is 9.10. The molecule has 0 atom stereocenters. The van der Waals surface area contributed by atoms with Crippen molar-refractivity contribution in [1.82, 2.24) is 4.98 Å². The third kappa shape index (κ3) is 4.49. The van der Waals surface area contributed by atoms with E-state index in [0.29, 0.717) is 10.7 Å². The van der Waals surface area contributed by atoms with E-state index in [0.717, 1.165) is 10.0 Å². The molecule has 8 heteroatoms. The molecule has 114 valence electrons. The van der Waals surface area contributed by atoms with Crippen LogP contribution < -0.4 is 0 Å². The van der Waals surface area contributed by atoms with Crippen molar-refractivity contribution in [3.63, 3.8) is 0 Å². The number of hydrogen-bond donors (Lipinski definition) is 0. The maximum Gasteiger partial charge on any atom is 0.330 e. The lowest BCUT2D eigenvalue weighted by atomic mass is 10.2. The molecule has 1 heterocycles. The molecule has 2 nitrogen and oxygen atoms in total. The SMILES string of the molecule is FC(F)C(F)(F)COCc1nc(-c2cccc(Br)c2)cs1. The highest BCUT2D eigenvalue weighted by Crippen LogP contribution is 2.26. The van der Waals surface area contributed by atoms with Gasteiger partial charge < -0.3 is 4.74 Å². The molecule has 2 aromatic rings. The monoisotopic (exact) mass is 383 g/mol. The zero-order chi connectivity index (χ0) is 15.5. The second-order valence-electron chi connectivity index (χ2n) is 4.19. The average Bonchev–Trinajstić information content (AvgIpc) is 2.87. The summed E-state index contributed by atoms with van der Waals surface area (Å²) >= 11 is 4.57. The van der Waals surface area contributed by atoms with Gasteiger partial charge in [-0.3, -0.25) is 0 Å². The summed E-state index contributed by atoms with van der Waals surface area (Å²) in [6, 6.07) is 7.43.